The van der Waals surface area contributed by atoms with Gasteiger partial charge in [0.1, 0.15) is 0 Å². The lowest BCUT2D eigenvalue weighted by molar-refractivity contribution is 0.648. The molecular formula is C17H20BrN3. The maximum absolute atomic E-state index is 6.26. The summed E-state index contributed by atoms with van der Waals surface area (Å²) in [4.78, 5) is 2.12. The van der Waals surface area contributed by atoms with E-state index >= 15 is 0 Å². The molecule has 0 bridgehead atoms. The molecule has 1 aliphatic carbocycles. The Morgan fingerprint density at radius 2 is 1.86 bits per heavy atom. The van der Waals surface area contributed by atoms with Crippen molar-refractivity contribution in [3.63, 3.8) is 0 Å². The Balaban J connectivity index is 1.93. The molecule has 2 atom stereocenters. The van der Waals surface area contributed by atoms with Gasteiger partial charge in [-0.25, -0.2) is 0 Å². The first kappa shape index (κ1) is 14.4. The van der Waals surface area contributed by atoms with Crippen LogP contribution in [0.5, 0.6) is 0 Å². The molecule has 0 aliphatic heterocycles. The third kappa shape index (κ3) is 2.78. The summed E-state index contributed by atoms with van der Waals surface area (Å²) in [7, 11) is 4.12. The fourth-order valence-electron chi connectivity index (χ4n) is 3.01. The minimum atomic E-state index is 0.119. The van der Waals surface area contributed by atoms with E-state index in [1.54, 1.807) is 0 Å². The normalized spacial score (nSPS) is 20.2. The number of rotatable bonds is 3. The minimum absolute atomic E-state index is 0.119. The van der Waals surface area contributed by atoms with E-state index in [1.807, 2.05) is 0 Å². The monoisotopic (exact) mass is 345 g/mol. The number of nitrogens with two attached hydrogens (primary N) is 1. The molecule has 0 fully saturated rings. The van der Waals surface area contributed by atoms with Crippen molar-refractivity contribution in [3.8, 4) is 0 Å². The molecule has 0 radical (unpaired) electrons. The Bertz CT molecular complexity index is 654. The SMILES string of the molecule is CN(C)c1ccc(Br)cc1NC1CC(N)c2ccccc21. The number of hydrogen-bond donors (Lipinski definition) is 2. The largest absolute Gasteiger partial charge is 0.376 e. The van der Waals surface area contributed by atoms with Gasteiger partial charge < -0.3 is 16.0 Å². The van der Waals surface area contributed by atoms with Crippen LogP contribution < -0.4 is 16.0 Å². The van der Waals surface area contributed by atoms with E-state index in [4.69, 9.17) is 5.73 Å². The van der Waals surface area contributed by atoms with Gasteiger partial charge in [0, 0.05) is 24.6 Å². The second kappa shape index (κ2) is 5.70. The van der Waals surface area contributed by atoms with Gasteiger partial charge in [-0.3, -0.25) is 0 Å². The lowest BCUT2D eigenvalue weighted by Gasteiger charge is -2.22. The van der Waals surface area contributed by atoms with Crippen molar-refractivity contribution in [1.82, 2.24) is 0 Å². The standard InChI is InChI=1S/C17H20BrN3/c1-21(2)17-8-7-11(18)9-16(17)20-15-10-14(19)12-5-3-4-6-13(12)15/h3-9,14-15,20H,10,19H2,1-2H3. The predicted molar refractivity (Wildman–Crippen MR) is 92.8 cm³/mol. The van der Waals surface area contributed by atoms with Crippen LogP contribution in [0.25, 0.3) is 0 Å². The van der Waals surface area contributed by atoms with Gasteiger partial charge in [0.2, 0.25) is 0 Å². The highest BCUT2D eigenvalue weighted by atomic mass is 79.9. The minimum Gasteiger partial charge on any atom is -0.376 e. The molecule has 21 heavy (non-hydrogen) atoms. The van der Waals surface area contributed by atoms with Crippen LogP contribution in [0.1, 0.15) is 29.6 Å². The summed E-state index contributed by atoms with van der Waals surface area (Å²) in [6.45, 7) is 0. The summed E-state index contributed by atoms with van der Waals surface area (Å²) in [6.07, 6.45) is 0.929. The molecule has 0 aromatic heterocycles. The maximum atomic E-state index is 6.26. The first-order valence-corrected chi connectivity index (χ1v) is 7.93. The molecule has 2 unspecified atom stereocenters. The average Bonchev–Trinajstić information content (AvgIpc) is 2.76. The molecule has 0 spiro atoms. The Morgan fingerprint density at radius 3 is 2.57 bits per heavy atom. The third-order valence-corrected chi connectivity index (χ3v) is 4.52. The van der Waals surface area contributed by atoms with Crippen molar-refractivity contribution in [3.05, 3.63) is 58.1 Å². The third-order valence-electron chi connectivity index (χ3n) is 4.03. The first-order chi connectivity index (χ1) is 10.1. The summed E-state index contributed by atoms with van der Waals surface area (Å²) in [6, 6.07) is 15.1. The summed E-state index contributed by atoms with van der Waals surface area (Å²) >= 11 is 3.56. The van der Waals surface area contributed by atoms with Gasteiger partial charge in [-0.15, -0.1) is 0 Å². The number of hydrogen-bond acceptors (Lipinski definition) is 3. The summed E-state index contributed by atoms with van der Waals surface area (Å²) in [5, 5.41) is 3.67. The molecule has 2 aromatic carbocycles. The van der Waals surface area contributed by atoms with Crippen LogP contribution in [0, 0.1) is 0 Å². The number of halogens is 1. The second-order valence-electron chi connectivity index (χ2n) is 5.72. The van der Waals surface area contributed by atoms with Crippen molar-refractivity contribution >= 4 is 27.3 Å². The topological polar surface area (TPSA) is 41.3 Å². The molecule has 110 valence electrons. The number of nitrogens with zero attached hydrogens (tertiary/aromatic N) is 1. The van der Waals surface area contributed by atoms with Gasteiger partial charge in [0.05, 0.1) is 17.4 Å². The van der Waals surface area contributed by atoms with Gasteiger partial charge in [0.15, 0.2) is 0 Å². The smallest absolute Gasteiger partial charge is 0.0597 e. The zero-order valence-electron chi connectivity index (χ0n) is 12.3. The zero-order valence-corrected chi connectivity index (χ0v) is 13.9. The van der Waals surface area contributed by atoms with Crippen LogP contribution >= 0.6 is 15.9 Å². The number of nitrogens with one attached hydrogen (secondary N) is 1. The molecule has 0 saturated heterocycles. The average molecular weight is 346 g/mol. The highest BCUT2D eigenvalue weighted by Crippen LogP contribution is 2.41. The van der Waals surface area contributed by atoms with Crippen LogP contribution in [0.4, 0.5) is 11.4 Å². The molecule has 0 saturated carbocycles. The van der Waals surface area contributed by atoms with Crippen LogP contribution in [0.2, 0.25) is 0 Å². The molecule has 0 heterocycles. The van der Waals surface area contributed by atoms with E-state index in [0.717, 1.165) is 16.6 Å². The molecule has 3 nitrogen and oxygen atoms in total. The van der Waals surface area contributed by atoms with Gasteiger partial charge >= 0.3 is 0 Å². The van der Waals surface area contributed by atoms with Crippen molar-refractivity contribution < 1.29 is 0 Å². The van der Waals surface area contributed by atoms with E-state index in [2.05, 4.69) is 82.7 Å². The summed E-state index contributed by atoms with van der Waals surface area (Å²) < 4.78 is 1.08. The highest BCUT2D eigenvalue weighted by molar-refractivity contribution is 9.10. The van der Waals surface area contributed by atoms with E-state index < -0.39 is 0 Å². The van der Waals surface area contributed by atoms with Gasteiger partial charge in [-0.05, 0) is 35.7 Å². The van der Waals surface area contributed by atoms with E-state index in [-0.39, 0.29) is 12.1 Å². The van der Waals surface area contributed by atoms with Crippen molar-refractivity contribution in [2.24, 2.45) is 5.73 Å². The second-order valence-corrected chi connectivity index (χ2v) is 6.64. The van der Waals surface area contributed by atoms with E-state index in [9.17, 15) is 0 Å². The predicted octanol–water partition coefficient (Wildman–Crippen LogP) is 4.07. The fraction of sp³-hybridized carbons (Fsp3) is 0.294. The Morgan fingerprint density at radius 1 is 1.14 bits per heavy atom. The van der Waals surface area contributed by atoms with Gasteiger partial charge in [0.25, 0.3) is 0 Å². The van der Waals surface area contributed by atoms with E-state index in [0.29, 0.717) is 0 Å². The quantitative estimate of drug-likeness (QED) is 0.880. The molecule has 4 heteroatoms. The molecule has 3 rings (SSSR count). The molecule has 1 aliphatic rings. The maximum Gasteiger partial charge on any atom is 0.0597 e. The van der Waals surface area contributed by atoms with E-state index in [1.165, 1.54) is 16.8 Å². The van der Waals surface area contributed by atoms with Crippen molar-refractivity contribution in [2.45, 2.75) is 18.5 Å². The first-order valence-electron chi connectivity index (χ1n) is 7.14. The van der Waals surface area contributed by atoms with Crippen LogP contribution in [-0.2, 0) is 0 Å². The van der Waals surface area contributed by atoms with Gasteiger partial charge in [-0.1, -0.05) is 40.2 Å². The summed E-state index contributed by atoms with van der Waals surface area (Å²) in [5.41, 5.74) is 11.1. The Hall–Kier alpha value is -1.52. The highest BCUT2D eigenvalue weighted by Gasteiger charge is 2.28. The molecule has 0 amide bonds. The number of benzene rings is 2. The zero-order chi connectivity index (χ0) is 15.0. The van der Waals surface area contributed by atoms with Crippen LogP contribution in [-0.4, -0.2) is 14.1 Å². The lowest BCUT2D eigenvalue weighted by atomic mass is 10.1. The lowest BCUT2D eigenvalue weighted by Crippen LogP contribution is -2.15. The number of fused-ring (bicyclic) bond motifs is 1. The van der Waals surface area contributed by atoms with Crippen LogP contribution in [0.15, 0.2) is 46.9 Å². The molecule has 3 N–H and O–H groups in total. The van der Waals surface area contributed by atoms with Crippen LogP contribution in [0.3, 0.4) is 0 Å². The number of anilines is 2. The molecule has 2 aromatic rings. The molecular weight excluding hydrogens is 326 g/mol. The summed E-state index contributed by atoms with van der Waals surface area (Å²) in [5.74, 6) is 0. The Kier molecular flexibility index (Phi) is 3.91. The van der Waals surface area contributed by atoms with Gasteiger partial charge in [-0.2, -0.15) is 0 Å². The van der Waals surface area contributed by atoms with Crippen molar-refractivity contribution in [1.29, 1.82) is 0 Å². The van der Waals surface area contributed by atoms with Crippen molar-refractivity contribution in [2.75, 3.05) is 24.3 Å². The fourth-order valence-corrected chi connectivity index (χ4v) is 3.37. The Labute approximate surface area is 134 Å².